The van der Waals surface area contributed by atoms with Gasteiger partial charge in [-0.15, -0.1) is 0 Å². The highest BCUT2D eigenvalue weighted by Crippen LogP contribution is 2.30. The average molecular weight is 456 g/mol. The van der Waals surface area contributed by atoms with E-state index in [-0.39, 0.29) is 42.5 Å². The quantitative estimate of drug-likeness (QED) is 0.664. The minimum atomic E-state index is -0.387. The number of urea groups is 1. The van der Waals surface area contributed by atoms with Crippen molar-refractivity contribution in [3.8, 4) is 17.0 Å². The Hall–Kier alpha value is -3.20. The van der Waals surface area contributed by atoms with Gasteiger partial charge in [-0.1, -0.05) is 13.8 Å². The number of hydrogen-bond donors (Lipinski definition) is 2. The van der Waals surface area contributed by atoms with E-state index in [1.807, 2.05) is 32.9 Å². The van der Waals surface area contributed by atoms with Gasteiger partial charge in [0.1, 0.15) is 11.7 Å². The summed E-state index contributed by atoms with van der Waals surface area (Å²) in [5.41, 5.74) is 1.99. The van der Waals surface area contributed by atoms with Crippen molar-refractivity contribution < 1.29 is 19.4 Å². The van der Waals surface area contributed by atoms with Crippen LogP contribution in [0.15, 0.2) is 36.8 Å². The molecular weight excluding hydrogens is 422 g/mol. The lowest BCUT2D eigenvalue weighted by Gasteiger charge is -2.37. The molecule has 0 aliphatic carbocycles. The molecule has 0 fully saturated rings. The molecule has 0 spiro atoms. The molecule has 1 aliphatic heterocycles. The van der Waals surface area contributed by atoms with Crippen LogP contribution in [0, 0.1) is 5.92 Å². The topological polar surface area (TPSA) is 108 Å². The van der Waals surface area contributed by atoms with Gasteiger partial charge >= 0.3 is 6.03 Å². The zero-order valence-corrected chi connectivity index (χ0v) is 19.7. The number of nitrogens with one attached hydrogen (secondary N) is 1. The van der Waals surface area contributed by atoms with Crippen LogP contribution in [0.1, 0.15) is 37.6 Å². The molecule has 3 atom stereocenters. The summed E-state index contributed by atoms with van der Waals surface area (Å²) in [7, 11) is 1.72. The highest BCUT2D eigenvalue weighted by Gasteiger charge is 2.34. The fourth-order valence-electron chi connectivity index (χ4n) is 3.74. The number of aliphatic hydroxyl groups is 1. The van der Waals surface area contributed by atoms with Crippen LogP contribution in [0.2, 0.25) is 0 Å². The number of rotatable bonds is 7. The highest BCUT2D eigenvalue weighted by atomic mass is 16.5. The van der Waals surface area contributed by atoms with Gasteiger partial charge in [0.05, 0.1) is 19.2 Å². The molecule has 0 aromatic carbocycles. The first kappa shape index (κ1) is 24.4. The number of aromatic nitrogens is 2. The van der Waals surface area contributed by atoms with Crippen LogP contribution in [-0.4, -0.2) is 82.2 Å². The van der Waals surface area contributed by atoms with Crippen LogP contribution in [0.4, 0.5) is 4.79 Å². The minimum absolute atomic E-state index is 0.0980. The van der Waals surface area contributed by atoms with Gasteiger partial charge in [-0.3, -0.25) is 9.78 Å². The summed E-state index contributed by atoms with van der Waals surface area (Å²) in [6.07, 6.45) is 5.50. The second-order valence-corrected chi connectivity index (χ2v) is 8.55. The number of hydrogen-bond acceptors (Lipinski definition) is 6. The third-order valence-electron chi connectivity index (χ3n) is 5.86. The Morgan fingerprint density at radius 1 is 1.36 bits per heavy atom. The Morgan fingerprint density at radius 3 is 2.76 bits per heavy atom. The number of carbonyl (C=O) groups is 2. The predicted octanol–water partition coefficient (Wildman–Crippen LogP) is 2.42. The SMILES string of the molecule is CCCNC(=O)N(C)C[C@H]1Oc2ncc(-c3ccncc3)cc2C(=O)N([C@@H](C)CO)C[C@H]1C. The Balaban J connectivity index is 1.96. The lowest BCUT2D eigenvalue weighted by molar-refractivity contribution is 0.0352. The summed E-state index contributed by atoms with van der Waals surface area (Å²) in [6.45, 7) is 6.94. The fourth-order valence-corrected chi connectivity index (χ4v) is 3.74. The average Bonchev–Trinajstić information content (AvgIpc) is 2.84. The number of fused-ring (bicyclic) bond motifs is 1. The Bertz CT molecular complexity index is 955. The second kappa shape index (κ2) is 11.1. The van der Waals surface area contributed by atoms with Gasteiger partial charge in [-0.2, -0.15) is 0 Å². The van der Waals surface area contributed by atoms with E-state index in [1.54, 1.807) is 41.5 Å². The van der Waals surface area contributed by atoms with Gasteiger partial charge in [0.25, 0.3) is 5.91 Å². The Labute approximate surface area is 194 Å². The molecule has 0 bridgehead atoms. The number of amides is 3. The molecule has 2 aromatic rings. The number of aliphatic hydroxyl groups excluding tert-OH is 1. The molecule has 0 radical (unpaired) electrons. The summed E-state index contributed by atoms with van der Waals surface area (Å²) < 4.78 is 6.24. The van der Waals surface area contributed by atoms with Crippen LogP contribution >= 0.6 is 0 Å². The van der Waals surface area contributed by atoms with E-state index >= 15 is 0 Å². The fraction of sp³-hybridized carbons (Fsp3) is 0.500. The zero-order chi connectivity index (χ0) is 24.0. The first-order valence-electron chi connectivity index (χ1n) is 11.3. The van der Waals surface area contributed by atoms with Crippen molar-refractivity contribution in [3.05, 3.63) is 42.4 Å². The minimum Gasteiger partial charge on any atom is -0.472 e. The summed E-state index contributed by atoms with van der Waals surface area (Å²) in [6, 6.07) is 4.91. The van der Waals surface area contributed by atoms with Gasteiger partial charge in [-0.05, 0) is 37.1 Å². The van der Waals surface area contributed by atoms with E-state index in [4.69, 9.17) is 4.74 Å². The lowest BCUT2D eigenvalue weighted by atomic mass is 9.99. The summed E-state index contributed by atoms with van der Waals surface area (Å²) in [4.78, 5) is 37.6. The maximum atomic E-state index is 13.5. The molecule has 2 aromatic heterocycles. The van der Waals surface area contributed by atoms with Crippen molar-refractivity contribution in [3.63, 3.8) is 0 Å². The van der Waals surface area contributed by atoms with Crippen LogP contribution in [0.25, 0.3) is 11.1 Å². The first-order chi connectivity index (χ1) is 15.8. The number of likely N-dealkylation sites (N-methyl/N-ethyl adjacent to an activating group) is 1. The summed E-state index contributed by atoms with van der Waals surface area (Å²) in [5, 5.41) is 12.7. The molecule has 3 amide bonds. The number of carbonyl (C=O) groups excluding carboxylic acids is 2. The number of pyridine rings is 2. The van der Waals surface area contributed by atoms with Crippen molar-refractivity contribution in [1.29, 1.82) is 0 Å². The molecule has 9 nitrogen and oxygen atoms in total. The van der Waals surface area contributed by atoms with Crippen molar-refractivity contribution in [2.24, 2.45) is 5.92 Å². The van der Waals surface area contributed by atoms with Crippen molar-refractivity contribution in [2.75, 3.05) is 33.3 Å². The molecule has 0 saturated heterocycles. The predicted molar refractivity (Wildman–Crippen MR) is 125 cm³/mol. The first-order valence-corrected chi connectivity index (χ1v) is 11.3. The molecule has 1 aliphatic rings. The van der Waals surface area contributed by atoms with Crippen LogP contribution < -0.4 is 10.1 Å². The summed E-state index contributed by atoms with van der Waals surface area (Å²) >= 11 is 0. The van der Waals surface area contributed by atoms with Gasteiger partial charge in [0.2, 0.25) is 5.88 Å². The highest BCUT2D eigenvalue weighted by molar-refractivity contribution is 5.98. The number of ether oxygens (including phenoxy) is 1. The van der Waals surface area contributed by atoms with Gasteiger partial charge in [0.15, 0.2) is 0 Å². The van der Waals surface area contributed by atoms with E-state index in [0.29, 0.717) is 25.2 Å². The van der Waals surface area contributed by atoms with Gasteiger partial charge < -0.3 is 25.0 Å². The monoisotopic (exact) mass is 455 g/mol. The zero-order valence-electron chi connectivity index (χ0n) is 19.7. The molecule has 3 heterocycles. The summed E-state index contributed by atoms with van der Waals surface area (Å²) in [5.74, 6) is -0.111. The van der Waals surface area contributed by atoms with Crippen molar-refractivity contribution >= 4 is 11.9 Å². The van der Waals surface area contributed by atoms with Crippen molar-refractivity contribution in [1.82, 2.24) is 25.1 Å². The third-order valence-corrected chi connectivity index (χ3v) is 5.86. The maximum absolute atomic E-state index is 13.5. The van der Waals surface area contributed by atoms with Crippen LogP contribution in [0.5, 0.6) is 5.88 Å². The van der Waals surface area contributed by atoms with E-state index in [2.05, 4.69) is 15.3 Å². The van der Waals surface area contributed by atoms with E-state index in [0.717, 1.165) is 17.5 Å². The normalized spacial score (nSPS) is 19.1. The van der Waals surface area contributed by atoms with Gasteiger partial charge in [-0.25, -0.2) is 9.78 Å². The standard InChI is InChI=1S/C24H33N5O4/c1-5-8-26-24(32)28(4)14-21-16(2)13-29(17(3)15-30)23(31)20-11-19(12-27-22(20)33-21)18-6-9-25-10-7-18/h6-7,9-12,16-17,21,30H,5,8,13-15H2,1-4H3,(H,26,32)/t16-,17+,21-/m1/s1. The molecule has 2 N–H and O–H groups in total. The molecule has 178 valence electrons. The van der Waals surface area contributed by atoms with Crippen LogP contribution in [-0.2, 0) is 0 Å². The smallest absolute Gasteiger partial charge is 0.317 e. The Morgan fingerprint density at radius 2 is 2.09 bits per heavy atom. The molecule has 0 saturated carbocycles. The lowest BCUT2D eigenvalue weighted by Crippen LogP contribution is -2.51. The maximum Gasteiger partial charge on any atom is 0.317 e. The molecule has 0 unspecified atom stereocenters. The van der Waals surface area contributed by atoms with Crippen molar-refractivity contribution in [2.45, 2.75) is 39.3 Å². The van der Waals surface area contributed by atoms with E-state index in [9.17, 15) is 14.7 Å². The Kier molecular flexibility index (Phi) is 8.21. The second-order valence-electron chi connectivity index (χ2n) is 8.55. The number of nitrogens with zero attached hydrogens (tertiary/aromatic N) is 4. The third kappa shape index (κ3) is 5.78. The van der Waals surface area contributed by atoms with E-state index < -0.39 is 0 Å². The van der Waals surface area contributed by atoms with E-state index in [1.165, 1.54) is 0 Å². The largest absolute Gasteiger partial charge is 0.472 e. The van der Waals surface area contributed by atoms with Crippen LogP contribution in [0.3, 0.4) is 0 Å². The molecular formula is C24H33N5O4. The van der Waals surface area contributed by atoms with Gasteiger partial charge in [0, 0.05) is 50.2 Å². The molecule has 3 rings (SSSR count). The molecule has 33 heavy (non-hydrogen) atoms. The molecule has 9 heteroatoms.